The summed E-state index contributed by atoms with van der Waals surface area (Å²) in [7, 11) is 0. The van der Waals surface area contributed by atoms with E-state index < -0.39 is 0 Å². The zero-order chi connectivity index (χ0) is 0. The predicted molar refractivity (Wildman–Crippen MR) is 11.5 cm³/mol. The van der Waals surface area contributed by atoms with Crippen molar-refractivity contribution in [3.05, 3.63) is 0 Å². The van der Waals surface area contributed by atoms with Crippen LogP contribution in [-0.4, -0.2) is 51.2 Å². The molecular weight excluding hydrogens is 445 g/mol. The summed E-state index contributed by atoms with van der Waals surface area (Å²) in [5.74, 6) is 0. The molecule has 0 unspecified atom stereocenters. The zero-order valence-corrected chi connectivity index (χ0v) is 10.4. The van der Waals surface area contributed by atoms with Gasteiger partial charge in [-0.2, -0.15) is 0 Å². The monoisotopic (exact) mass is 447 g/mol. The van der Waals surface area contributed by atoms with Crippen molar-refractivity contribution in [2.45, 2.75) is 0 Å². The predicted octanol–water partition coefficient (Wildman–Crippen LogP) is -0.767. The Morgan fingerprint density at radius 1 is 1.00 bits per heavy atom. The molecule has 4 heavy (non-hydrogen) atoms. The van der Waals surface area contributed by atoms with Gasteiger partial charge in [-0.3, -0.25) is 0 Å². The van der Waals surface area contributed by atoms with Crippen molar-refractivity contribution in [3.8, 4) is 0 Å². The van der Waals surface area contributed by atoms with Crippen LogP contribution < -0.4 is 0 Å². The molecule has 0 aromatic heterocycles. The van der Waals surface area contributed by atoms with Gasteiger partial charge in [0.1, 0.15) is 0 Å². The van der Waals surface area contributed by atoms with Crippen molar-refractivity contribution in [3.63, 3.8) is 0 Å². The van der Waals surface area contributed by atoms with Gasteiger partial charge in [0.05, 0.1) is 0 Å². The molecule has 9 radical (unpaired) electrons. The second kappa shape index (κ2) is 17.1. The summed E-state index contributed by atoms with van der Waals surface area (Å²) in [4.78, 5) is 0. The Morgan fingerprint density at radius 3 is 1.00 bits per heavy atom. The summed E-state index contributed by atoms with van der Waals surface area (Å²) in [6.45, 7) is 0. The van der Waals surface area contributed by atoms with Gasteiger partial charge in [0.25, 0.3) is 0 Å². The van der Waals surface area contributed by atoms with Gasteiger partial charge in [0.2, 0.25) is 0 Å². The van der Waals surface area contributed by atoms with E-state index in [0.29, 0.717) is 0 Å². The van der Waals surface area contributed by atoms with Crippen LogP contribution in [0, 0.1) is 0 Å². The number of rotatable bonds is 0. The Kier molecular flexibility index (Phi) is 126. The Morgan fingerprint density at radius 2 is 1.00 bits per heavy atom. The van der Waals surface area contributed by atoms with Crippen molar-refractivity contribution in [2.24, 2.45) is 0 Å². The van der Waals surface area contributed by atoms with Crippen LogP contribution in [-0.2, 0) is 34.1 Å². The molecule has 0 bridgehead atoms. The van der Waals surface area contributed by atoms with Crippen LogP contribution in [0.15, 0.2) is 0 Å². The van der Waals surface area contributed by atoms with Gasteiger partial charge in [-0.25, -0.2) is 0 Å². The van der Waals surface area contributed by atoms with Crippen LogP contribution in [0.2, 0.25) is 0 Å². The minimum absolute atomic E-state index is 0. The SMILES string of the molecule is [Cu].[Fe].[Pb].[Sn]. The molecule has 0 spiro atoms. The van der Waals surface area contributed by atoms with E-state index in [1.165, 1.54) is 0 Å². The van der Waals surface area contributed by atoms with Crippen LogP contribution in [0.1, 0.15) is 0 Å². The van der Waals surface area contributed by atoms with E-state index >= 15 is 0 Å². The van der Waals surface area contributed by atoms with Crippen molar-refractivity contribution < 1.29 is 34.1 Å². The molecule has 0 saturated carbocycles. The fourth-order valence-electron chi connectivity index (χ4n) is 0. The molecule has 0 aliphatic carbocycles. The van der Waals surface area contributed by atoms with Gasteiger partial charge < -0.3 is 0 Å². The van der Waals surface area contributed by atoms with Crippen LogP contribution in [0.5, 0.6) is 0 Å². The van der Waals surface area contributed by atoms with E-state index in [0.717, 1.165) is 0 Å². The first-order chi connectivity index (χ1) is 0. The van der Waals surface area contributed by atoms with Crippen LogP contribution >= 0.6 is 0 Å². The molecular formula is CuFePbSn. The molecule has 0 atom stereocenters. The topological polar surface area (TPSA) is 0 Å². The molecule has 0 amide bonds. The quantitative estimate of drug-likeness (QED) is 0.430. The van der Waals surface area contributed by atoms with E-state index in [1.807, 2.05) is 0 Å². The number of hydrogen-bond donors (Lipinski definition) is 0. The van der Waals surface area contributed by atoms with Gasteiger partial charge in [-0.15, -0.1) is 0 Å². The van der Waals surface area contributed by atoms with E-state index in [9.17, 15) is 0 Å². The summed E-state index contributed by atoms with van der Waals surface area (Å²) in [6, 6.07) is 0. The van der Waals surface area contributed by atoms with Gasteiger partial charge in [0, 0.05) is 85.3 Å². The maximum absolute atomic E-state index is 0. The molecule has 0 aliphatic rings. The first-order valence-electron chi connectivity index (χ1n) is 0. The second-order valence-corrected chi connectivity index (χ2v) is 0. The van der Waals surface area contributed by atoms with Crippen LogP contribution in [0.3, 0.4) is 0 Å². The third kappa shape index (κ3) is 8.83. The van der Waals surface area contributed by atoms with Crippen molar-refractivity contribution in [1.82, 2.24) is 0 Å². The third-order valence-electron chi connectivity index (χ3n) is 0. The van der Waals surface area contributed by atoms with Crippen molar-refractivity contribution in [2.75, 3.05) is 0 Å². The third-order valence-corrected chi connectivity index (χ3v) is 0. The summed E-state index contributed by atoms with van der Waals surface area (Å²) < 4.78 is 0. The molecule has 0 aliphatic heterocycles. The molecule has 0 aromatic rings. The zero-order valence-electron chi connectivity index (χ0n) is 1.66. The van der Waals surface area contributed by atoms with Gasteiger partial charge in [0.15, 0.2) is 0 Å². The molecule has 0 rings (SSSR count). The molecule has 0 aromatic carbocycles. The second-order valence-electron chi connectivity index (χ2n) is 0. The van der Waals surface area contributed by atoms with Gasteiger partial charge in [-0.1, -0.05) is 0 Å². The molecule has 0 saturated heterocycles. The molecule has 0 heterocycles. The summed E-state index contributed by atoms with van der Waals surface area (Å²) in [5.41, 5.74) is 0. The molecule has 0 N–H and O–H groups in total. The summed E-state index contributed by atoms with van der Waals surface area (Å²) in [5, 5.41) is 0. The summed E-state index contributed by atoms with van der Waals surface area (Å²) >= 11 is 0. The van der Waals surface area contributed by atoms with Crippen LogP contribution in [0.25, 0.3) is 0 Å². The molecule has 27 valence electrons. The molecule has 0 fully saturated rings. The summed E-state index contributed by atoms with van der Waals surface area (Å²) in [6.07, 6.45) is 0. The fourth-order valence-corrected chi connectivity index (χ4v) is 0. The van der Waals surface area contributed by atoms with E-state index in [1.54, 1.807) is 0 Å². The van der Waals surface area contributed by atoms with Crippen LogP contribution in [0.4, 0.5) is 0 Å². The molecule has 0 nitrogen and oxygen atoms in total. The van der Waals surface area contributed by atoms with Gasteiger partial charge in [-0.05, 0) is 0 Å². The van der Waals surface area contributed by atoms with E-state index in [2.05, 4.69) is 0 Å². The maximum Gasteiger partial charge on any atom is 0 e. The number of hydrogen-bond acceptors (Lipinski definition) is 0. The standard InChI is InChI=1S/Cu.Fe.Pb.Sn. The average Bonchev–Trinajstić information content (AvgIpc) is 0. The Bertz CT molecular complexity index is 8.00. The maximum atomic E-state index is 0. The Labute approximate surface area is 83.9 Å². The minimum atomic E-state index is 0. The van der Waals surface area contributed by atoms with E-state index in [-0.39, 0.29) is 85.3 Å². The average molecular weight is 445 g/mol. The van der Waals surface area contributed by atoms with E-state index in [4.69, 9.17) is 0 Å². The minimum Gasteiger partial charge on any atom is 0 e. The smallest absolute Gasteiger partial charge is 0 e. The first-order valence-corrected chi connectivity index (χ1v) is 0. The normalized spacial score (nSPS) is 0. The molecule has 4 heteroatoms. The fraction of sp³-hybridized carbons (Fsp3) is 0. The Hall–Kier alpha value is 2.76. The Balaban J connectivity index is 0. The van der Waals surface area contributed by atoms with Crippen molar-refractivity contribution in [1.29, 1.82) is 0 Å². The van der Waals surface area contributed by atoms with Gasteiger partial charge >= 0.3 is 0 Å². The largest absolute Gasteiger partial charge is 0 e. The van der Waals surface area contributed by atoms with Crippen molar-refractivity contribution >= 4 is 51.2 Å². The first kappa shape index (κ1) is 29.4.